The summed E-state index contributed by atoms with van der Waals surface area (Å²) in [5, 5.41) is 23.3. The van der Waals surface area contributed by atoms with Gasteiger partial charge in [-0.25, -0.2) is 0 Å². The van der Waals surface area contributed by atoms with Gasteiger partial charge >= 0.3 is 0 Å². The van der Waals surface area contributed by atoms with E-state index in [1.54, 1.807) is 37.6 Å². The van der Waals surface area contributed by atoms with Crippen LogP contribution in [0.4, 0.5) is 5.69 Å². The molecule has 2 N–H and O–H groups in total. The third-order valence-electron chi connectivity index (χ3n) is 6.35. The van der Waals surface area contributed by atoms with Crippen molar-refractivity contribution in [2.24, 2.45) is 5.92 Å². The Morgan fingerprint density at radius 1 is 1.29 bits per heavy atom. The van der Waals surface area contributed by atoms with Crippen molar-refractivity contribution in [3.8, 4) is 11.8 Å². The molecule has 2 heterocycles. The SMILES string of the molecule is COc1ccc(CNc2c(C(=O)N3CCC(CCO)CC3)cnc3ccc(C#N)cc23)cc1Cl. The summed E-state index contributed by atoms with van der Waals surface area (Å²) >= 11 is 6.29. The molecule has 0 radical (unpaired) electrons. The normalized spacial score (nSPS) is 14.1. The molecular formula is C26H27ClN4O3. The molecule has 1 aliphatic rings. The molecule has 176 valence electrons. The molecule has 0 aliphatic carbocycles. The Labute approximate surface area is 203 Å². The smallest absolute Gasteiger partial charge is 0.257 e. The van der Waals surface area contributed by atoms with Crippen LogP contribution in [0.1, 0.15) is 40.7 Å². The Morgan fingerprint density at radius 2 is 2.09 bits per heavy atom. The molecule has 2 aromatic carbocycles. The first kappa shape index (κ1) is 23.8. The average Bonchev–Trinajstić information content (AvgIpc) is 2.87. The van der Waals surface area contributed by atoms with E-state index in [0.717, 1.165) is 30.2 Å². The third-order valence-corrected chi connectivity index (χ3v) is 6.65. The van der Waals surface area contributed by atoms with Gasteiger partial charge in [0.05, 0.1) is 40.5 Å². The first-order valence-corrected chi connectivity index (χ1v) is 11.7. The van der Waals surface area contributed by atoms with Crippen molar-refractivity contribution in [3.63, 3.8) is 0 Å². The Balaban J connectivity index is 1.66. The van der Waals surface area contributed by atoms with Gasteiger partial charge in [0.25, 0.3) is 5.91 Å². The second kappa shape index (κ2) is 10.7. The zero-order valence-electron chi connectivity index (χ0n) is 19.1. The van der Waals surface area contributed by atoms with Crippen LogP contribution in [0.5, 0.6) is 5.75 Å². The van der Waals surface area contributed by atoms with Crippen LogP contribution in [-0.2, 0) is 6.54 Å². The minimum atomic E-state index is -0.0885. The summed E-state index contributed by atoms with van der Waals surface area (Å²) in [6.07, 6.45) is 4.13. The number of rotatable bonds is 7. The van der Waals surface area contributed by atoms with Gasteiger partial charge in [-0.15, -0.1) is 0 Å². The van der Waals surface area contributed by atoms with Crippen LogP contribution in [0.15, 0.2) is 42.6 Å². The molecule has 1 aliphatic heterocycles. The molecule has 8 heteroatoms. The average molecular weight is 479 g/mol. The first-order valence-electron chi connectivity index (χ1n) is 11.3. The second-order valence-electron chi connectivity index (χ2n) is 8.46. The number of aliphatic hydroxyl groups is 1. The Kier molecular flexibility index (Phi) is 7.51. The lowest BCUT2D eigenvalue weighted by atomic mass is 9.93. The highest BCUT2D eigenvalue weighted by molar-refractivity contribution is 6.32. The lowest BCUT2D eigenvalue weighted by Gasteiger charge is -2.32. The molecule has 0 saturated carbocycles. The maximum atomic E-state index is 13.5. The molecule has 3 aromatic rings. The van der Waals surface area contributed by atoms with Crippen molar-refractivity contribution in [3.05, 3.63) is 64.3 Å². The number of ether oxygens (including phenoxy) is 1. The van der Waals surface area contributed by atoms with Crippen LogP contribution in [0.2, 0.25) is 5.02 Å². The van der Waals surface area contributed by atoms with Crippen molar-refractivity contribution >= 4 is 34.1 Å². The zero-order chi connectivity index (χ0) is 24.1. The van der Waals surface area contributed by atoms with Crippen LogP contribution in [-0.4, -0.2) is 47.7 Å². The third kappa shape index (κ3) is 5.09. The van der Waals surface area contributed by atoms with E-state index >= 15 is 0 Å². The summed E-state index contributed by atoms with van der Waals surface area (Å²) in [6.45, 7) is 1.90. The summed E-state index contributed by atoms with van der Waals surface area (Å²) in [7, 11) is 1.57. The molecule has 0 spiro atoms. The zero-order valence-corrected chi connectivity index (χ0v) is 19.8. The number of pyridine rings is 1. The minimum absolute atomic E-state index is 0.0885. The van der Waals surface area contributed by atoms with Crippen LogP contribution in [0.3, 0.4) is 0 Å². The van der Waals surface area contributed by atoms with Gasteiger partial charge in [0, 0.05) is 37.8 Å². The quantitative estimate of drug-likeness (QED) is 0.514. The molecule has 1 aromatic heterocycles. The van der Waals surface area contributed by atoms with Gasteiger partial charge in [-0.2, -0.15) is 5.26 Å². The van der Waals surface area contributed by atoms with Crippen molar-refractivity contribution < 1.29 is 14.6 Å². The highest BCUT2D eigenvalue weighted by atomic mass is 35.5. The van der Waals surface area contributed by atoms with E-state index < -0.39 is 0 Å². The number of likely N-dealkylation sites (tertiary alicyclic amines) is 1. The molecular weight excluding hydrogens is 452 g/mol. The first-order chi connectivity index (χ1) is 16.5. The molecule has 0 atom stereocenters. The van der Waals surface area contributed by atoms with Crippen LogP contribution in [0.25, 0.3) is 10.9 Å². The Bertz CT molecular complexity index is 1230. The number of nitrogens with zero attached hydrogens (tertiary/aromatic N) is 3. The van der Waals surface area contributed by atoms with Gasteiger partial charge in [0.15, 0.2) is 0 Å². The molecule has 1 fully saturated rings. The largest absolute Gasteiger partial charge is 0.495 e. The number of fused-ring (bicyclic) bond motifs is 1. The van der Waals surface area contributed by atoms with Crippen LogP contribution >= 0.6 is 11.6 Å². The van der Waals surface area contributed by atoms with E-state index in [9.17, 15) is 15.2 Å². The van der Waals surface area contributed by atoms with Crippen LogP contribution in [0, 0.1) is 17.2 Å². The number of benzene rings is 2. The van der Waals surface area contributed by atoms with Gasteiger partial charge in [-0.1, -0.05) is 17.7 Å². The minimum Gasteiger partial charge on any atom is -0.495 e. The fraction of sp³-hybridized carbons (Fsp3) is 0.346. The lowest BCUT2D eigenvalue weighted by Crippen LogP contribution is -2.39. The standard InChI is InChI=1S/C26H27ClN4O3/c1-34-24-5-3-19(13-22(24)27)15-30-25-20-12-18(14-28)2-4-23(20)29-16-21(25)26(33)31-9-6-17(7-10-31)8-11-32/h2-5,12-13,16-17,32H,6-11,15H2,1H3,(H,29,30). The van der Waals surface area contributed by atoms with Gasteiger partial charge in [-0.3, -0.25) is 9.78 Å². The van der Waals surface area contributed by atoms with E-state index in [1.807, 2.05) is 17.0 Å². The van der Waals surface area contributed by atoms with E-state index in [4.69, 9.17) is 16.3 Å². The molecule has 1 saturated heterocycles. The Morgan fingerprint density at radius 3 is 2.76 bits per heavy atom. The number of nitriles is 1. The molecule has 7 nitrogen and oxygen atoms in total. The number of amides is 1. The monoisotopic (exact) mass is 478 g/mol. The highest BCUT2D eigenvalue weighted by Crippen LogP contribution is 2.31. The lowest BCUT2D eigenvalue weighted by molar-refractivity contribution is 0.0679. The number of hydrogen-bond acceptors (Lipinski definition) is 6. The van der Waals surface area contributed by atoms with Crippen molar-refractivity contribution in [1.82, 2.24) is 9.88 Å². The van der Waals surface area contributed by atoms with Gasteiger partial charge < -0.3 is 20.1 Å². The number of piperidine rings is 1. The fourth-order valence-electron chi connectivity index (χ4n) is 4.40. The molecule has 34 heavy (non-hydrogen) atoms. The van der Waals surface area contributed by atoms with E-state index in [1.165, 1.54) is 0 Å². The number of aromatic nitrogens is 1. The number of carbonyl (C=O) groups is 1. The highest BCUT2D eigenvalue weighted by Gasteiger charge is 2.26. The number of nitrogens with one attached hydrogen (secondary N) is 1. The molecule has 1 amide bonds. The summed E-state index contributed by atoms with van der Waals surface area (Å²) in [6, 6.07) is 13.0. The van der Waals surface area contributed by atoms with Gasteiger partial charge in [-0.05, 0) is 61.1 Å². The van der Waals surface area contributed by atoms with E-state index in [0.29, 0.717) is 58.7 Å². The number of hydrogen-bond donors (Lipinski definition) is 2. The predicted octanol–water partition coefficient (Wildman–Crippen LogP) is 4.62. The molecule has 4 rings (SSSR count). The van der Waals surface area contributed by atoms with Crippen molar-refractivity contribution in [2.75, 3.05) is 32.1 Å². The molecule has 0 bridgehead atoms. The molecule has 0 unspecified atom stereocenters. The summed E-state index contributed by atoms with van der Waals surface area (Å²) in [4.78, 5) is 19.9. The predicted molar refractivity (Wildman–Crippen MR) is 132 cm³/mol. The van der Waals surface area contributed by atoms with E-state index in [-0.39, 0.29) is 12.5 Å². The van der Waals surface area contributed by atoms with Gasteiger partial charge in [0.2, 0.25) is 0 Å². The van der Waals surface area contributed by atoms with Crippen molar-refractivity contribution in [1.29, 1.82) is 5.26 Å². The van der Waals surface area contributed by atoms with Gasteiger partial charge in [0.1, 0.15) is 5.75 Å². The topological polar surface area (TPSA) is 98.5 Å². The fourth-order valence-corrected chi connectivity index (χ4v) is 4.68. The van der Waals surface area contributed by atoms with Crippen LogP contribution < -0.4 is 10.1 Å². The number of halogens is 1. The number of anilines is 1. The number of methoxy groups -OCH3 is 1. The van der Waals surface area contributed by atoms with E-state index in [2.05, 4.69) is 16.4 Å². The summed E-state index contributed by atoms with van der Waals surface area (Å²) in [5.41, 5.74) is 3.25. The maximum absolute atomic E-state index is 13.5. The number of carbonyl (C=O) groups excluding carboxylic acids is 1. The second-order valence-corrected chi connectivity index (χ2v) is 8.87. The number of aliphatic hydroxyl groups excluding tert-OH is 1. The summed E-state index contributed by atoms with van der Waals surface area (Å²) in [5.74, 6) is 0.952. The van der Waals surface area contributed by atoms with Crippen molar-refractivity contribution in [2.45, 2.75) is 25.8 Å². The maximum Gasteiger partial charge on any atom is 0.257 e. The summed E-state index contributed by atoms with van der Waals surface area (Å²) < 4.78 is 5.23. The Hall–Kier alpha value is -3.34.